The van der Waals surface area contributed by atoms with E-state index < -0.39 is 41.6 Å². The number of Topliss-reactive ketones (excluding diaryl/α,β-unsaturated/α-hetero) is 1. The van der Waals surface area contributed by atoms with Crippen molar-refractivity contribution in [3.63, 3.8) is 0 Å². The van der Waals surface area contributed by atoms with Gasteiger partial charge in [0.15, 0.2) is 5.60 Å². The molecule has 38 heavy (non-hydrogen) atoms. The molecule has 0 radical (unpaired) electrons. The lowest BCUT2D eigenvalue weighted by molar-refractivity contribution is -0.179. The predicted octanol–water partition coefficient (Wildman–Crippen LogP) is 5.24. The fourth-order valence-corrected chi connectivity index (χ4v) is 6.80. The SMILES string of the molecule is C=C1CCC2C(C=C(C)C(=O)C3(OC(C)=O)CC(C)C(OC(=O)c4ccccc4)C3C1OC(C)=O)C2(C)C. The Balaban J connectivity index is 1.87. The number of fused-ring (bicyclic) bond motifs is 2. The van der Waals surface area contributed by atoms with Gasteiger partial charge in [0.1, 0.15) is 12.2 Å². The quantitative estimate of drug-likeness (QED) is 0.303. The number of hydrogen-bond acceptors (Lipinski definition) is 7. The first-order valence-electron chi connectivity index (χ1n) is 13.3. The molecule has 0 amide bonds. The first-order valence-corrected chi connectivity index (χ1v) is 13.3. The highest BCUT2D eigenvalue weighted by Gasteiger charge is 2.65. The summed E-state index contributed by atoms with van der Waals surface area (Å²) in [6.45, 7) is 14.8. The molecule has 7 nitrogen and oxygen atoms in total. The molecule has 0 bridgehead atoms. The number of esters is 3. The number of allylic oxidation sites excluding steroid dienone is 1. The zero-order chi connectivity index (χ0) is 28.0. The maximum Gasteiger partial charge on any atom is 0.338 e. The molecule has 2 saturated carbocycles. The van der Waals surface area contributed by atoms with E-state index in [4.69, 9.17) is 14.2 Å². The lowest BCUT2D eigenvalue weighted by Crippen LogP contribution is -2.55. The van der Waals surface area contributed by atoms with Crippen molar-refractivity contribution in [1.82, 2.24) is 0 Å². The third-order valence-electron chi connectivity index (χ3n) is 8.77. The number of ether oxygens (including phenoxy) is 3. The molecule has 7 heteroatoms. The average molecular weight is 523 g/mol. The summed E-state index contributed by atoms with van der Waals surface area (Å²) >= 11 is 0. The van der Waals surface area contributed by atoms with Crippen molar-refractivity contribution in [2.75, 3.05) is 0 Å². The third kappa shape index (κ3) is 4.95. The van der Waals surface area contributed by atoms with E-state index in [1.54, 1.807) is 37.3 Å². The molecule has 1 aromatic carbocycles. The monoisotopic (exact) mass is 522 g/mol. The van der Waals surface area contributed by atoms with Gasteiger partial charge in [0.2, 0.25) is 5.78 Å². The molecule has 204 valence electrons. The number of carbonyl (C=O) groups excluding carboxylic acids is 4. The van der Waals surface area contributed by atoms with Crippen LogP contribution in [0.1, 0.15) is 71.2 Å². The third-order valence-corrected chi connectivity index (χ3v) is 8.77. The summed E-state index contributed by atoms with van der Waals surface area (Å²) in [6, 6.07) is 8.56. The van der Waals surface area contributed by atoms with E-state index in [0.29, 0.717) is 29.0 Å². The molecule has 1 aromatic rings. The molecule has 0 aliphatic heterocycles. The second kappa shape index (κ2) is 10.2. The van der Waals surface area contributed by atoms with Crippen LogP contribution in [0.25, 0.3) is 0 Å². The minimum atomic E-state index is -1.69. The zero-order valence-corrected chi connectivity index (χ0v) is 23.1. The molecule has 7 unspecified atom stereocenters. The molecule has 0 spiro atoms. The number of hydrogen-bond donors (Lipinski definition) is 0. The van der Waals surface area contributed by atoms with Crippen LogP contribution in [0.2, 0.25) is 0 Å². The standard InChI is InChI=1S/C31H38O7/c1-17-13-14-23-24(30(23,6)7)15-18(2)28(34)31(38-21(5)33)16-19(3)27(25(31)26(17)36-20(4)32)37-29(35)22-11-9-8-10-12-22/h8-12,15,19,23-27H,1,13-14,16H2,2-7H3. The average Bonchev–Trinajstić information content (AvgIpc) is 3.24. The van der Waals surface area contributed by atoms with Gasteiger partial charge in [-0.1, -0.05) is 51.6 Å². The second-order valence-electron chi connectivity index (χ2n) is 11.8. The van der Waals surface area contributed by atoms with E-state index in [1.807, 2.05) is 13.0 Å². The molecule has 3 aliphatic carbocycles. The lowest BCUT2D eigenvalue weighted by atomic mass is 9.76. The Kier molecular flexibility index (Phi) is 7.43. The van der Waals surface area contributed by atoms with E-state index >= 15 is 0 Å². The largest absolute Gasteiger partial charge is 0.458 e. The smallest absolute Gasteiger partial charge is 0.338 e. The van der Waals surface area contributed by atoms with Crippen LogP contribution >= 0.6 is 0 Å². The Hall–Kier alpha value is -3.22. The Bertz CT molecular complexity index is 1180. The summed E-state index contributed by atoms with van der Waals surface area (Å²) in [5.74, 6) is -2.89. The van der Waals surface area contributed by atoms with Gasteiger partial charge in [0.05, 0.1) is 11.5 Å². The van der Waals surface area contributed by atoms with E-state index in [-0.39, 0.29) is 29.5 Å². The fourth-order valence-electron chi connectivity index (χ4n) is 6.80. The predicted molar refractivity (Wildman–Crippen MR) is 141 cm³/mol. The second-order valence-corrected chi connectivity index (χ2v) is 11.8. The minimum absolute atomic E-state index is 0.0165. The molecule has 0 N–H and O–H groups in total. The molecule has 0 aromatic heterocycles. The van der Waals surface area contributed by atoms with Gasteiger partial charge in [0, 0.05) is 20.3 Å². The van der Waals surface area contributed by atoms with Crippen molar-refractivity contribution in [3.05, 3.63) is 59.7 Å². The van der Waals surface area contributed by atoms with Crippen LogP contribution in [0.4, 0.5) is 0 Å². The van der Waals surface area contributed by atoms with E-state index in [1.165, 1.54) is 13.8 Å². The van der Waals surface area contributed by atoms with Gasteiger partial charge in [-0.2, -0.15) is 0 Å². The van der Waals surface area contributed by atoms with Gasteiger partial charge in [-0.05, 0) is 66.2 Å². The molecular weight excluding hydrogens is 484 g/mol. The maximum atomic E-state index is 14.3. The summed E-state index contributed by atoms with van der Waals surface area (Å²) in [6.07, 6.45) is 1.63. The minimum Gasteiger partial charge on any atom is -0.458 e. The highest BCUT2D eigenvalue weighted by Crippen LogP contribution is 2.62. The van der Waals surface area contributed by atoms with Gasteiger partial charge >= 0.3 is 17.9 Å². The van der Waals surface area contributed by atoms with Crippen molar-refractivity contribution >= 4 is 23.7 Å². The van der Waals surface area contributed by atoms with E-state index in [9.17, 15) is 19.2 Å². The van der Waals surface area contributed by atoms with Gasteiger partial charge in [-0.25, -0.2) is 4.79 Å². The Morgan fingerprint density at radius 2 is 1.68 bits per heavy atom. The van der Waals surface area contributed by atoms with Crippen LogP contribution in [0.3, 0.4) is 0 Å². The summed E-state index contributed by atoms with van der Waals surface area (Å²) in [5, 5.41) is 0. The van der Waals surface area contributed by atoms with Gasteiger partial charge in [-0.3, -0.25) is 14.4 Å². The van der Waals surface area contributed by atoms with Crippen molar-refractivity contribution in [2.24, 2.45) is 29.1 Å². The molecule has 7 atom stereocenters. The molecule has 0 heterocycles. The number of rotatable bonds is 4. The normalized spacial score (nSPS) is 34.1. The van der Waals surface area contributed by atoms with Gasteiger partial charge < -0.3 is 14.2 Å². The Labute approximate surface area is 224 Å². The first kappa shape index (κ1) is 27.8. The van der Waals surface area contributed by atoms with Crippen LogP contribution in [0, 0.1) is 29.1 Å². The van der Waals surface area contributed by atoms with E-state index in [2.05, 4.69) is 20.4 Å². The van der Waals surface area contributed by atoms with Crippen molar-refractivity contribution in [1.29, 1.82) is 0 Å². The molecule has 2 fully saturated rings. The molecular formula is C31H38O7. The maximum absolute atomic E-state index is 14.3. The van der Waals surface area contributed by atoms with E-state index in [0.717, 1.165) is 6.42 Å². The fraction of sp³-hybridized carbons (Fsp3) is 0.548. The van der Waals surface area contributed by atoms with Crippen molar-refractivity contribution in [2.45, 2.75) is 78.6 Å². The highest BCUT2D eigenvalue weighted by atomic mass is 16.6. The topological polar surface area (TPSA) is 96.0 Å². The van der Waals surface area contributed by atoms with Gasteiger partial charge in [-0.15, -0.1) is 0 Å². The summed E-state index contributed by atoms with van der Waals surface area (Å²) in [5.41, 5.74) is -0.203. The zero-order valence-electron chi connectivity index (χ0n) is 23.1. The Morgan fingerprint density at radius 3 is 2.29 bits per heavy atom. The number of carbonyl (C=O) groups is 4. The number of ketones is 1. The molecule has 4 rings (SSSR count). The summed E-state index contributed by atoms with van der Waals surface area (Å²) in [7, 11) is 0. The molecule has 0 saturated heterocycles. The van der Waals surface area contributed by atoms with Crippen LogP contribution in [0.5, 0.6) is 0 Å². The first-order chi connectivity index (χ1) is 17.8. The molecule has 3 aliphatic rings. The van der Waals surface area contributed by atoms with Crippen LogP contribution < -0.4 is 0 Å². The summed E-state index contributed by atoms with van der Waals surface area (Å²) in [4.78, 5) is 52.4. The lowest BCUT2D eigenvalue weighted by Gasteiger charge is -2.39. The van der Waals surface area contributed by atoms with Crippen LogP contribution in [-0.2, 0) is 28.6 Å². The van der Waals surface area contributed by atoms with Crippen molar-refractivity contribution in [3.8, 4) is 0 Å². The number of benzene rings is 1. The summed E-state index contributed by atoms with van der Waals surface area (Å²) < 4.78 is 17.9. The van der Waals surface area contributed by atoms with Crippen LogP contribution in [0.15, 0.2) is 54.1 Å². The Morgan fingerprint density at radius 1 is 1.03 bits per heavy atom. The van der Waals surface area contributed by atoms with Crippen LogP contribution in [-0.4, -0.2) is 41.5 Å². The highest BCUT2D eigenvalue weighted by molar-refractivity contribution is 6.03. The van der Waals surface area contributed by atoms with Crippen molar-refractivity contribution < 1.29 is 33.4 Å². The van der Waals surface area contributed by atoms with Gasteiger partial charge in [0.25, 0.3) is 0 Å².